The highest BCUT2D eigenvalue weighted by Gasteiger charge is 2.56. The zero-order chi connectivity index (χ0) is 22.1. The molecule has 0 aromatic rings. The van der Waals surface area contributed by atoms with Crippen LogP contribution >= 0.6 is 34.5 Å². The summed E-state index contributed by atoms with van der Waals surface area (Å²) in [5.74, 6) is 0. The smallest absolute Gasteiger partial charge is 0.308 e. The molecule has 0 radical (unpaired) electrons. The largest absolute Gasteiger partial charge is 0.367 e. The Labute approximate surface area is 178 Å². The first-order valence-electron chi connectivity index (χ1n) is 9.75. The van der Waals surface area contributed by atoms with E-state index in [0.29, 0.717) is 0 Å². The summed E-state index contributed by atoms with van der Waals surface area (Å²) in [4.78, 5) is -0.976. The van der Waals surface area contributed by atoms with Crippen molar-refractivity contribution in [2.24, 2.45) is 0 Å². The van der Waals surface area contributed by atoms with Crippen LogP contribution in [-0.2, 0) is 40.8 Å². The van der Waals surface area contributed by atoms with E-state index in [1.54, 1.807) is 41.5 Å². The molecule has 0 bridgehead atoms. The molecule has 2 atom stereocenters. The average Bonchev–Trinajstić information content (AvgIpc) is 3.11. The summed E-state index contributed by atoms with van der Waals surface area (Å²) in [6.45, 7) is 10.9. The minimum atomic E-state index is -3.77. The van der Waals surface area contributed by atoms with Crippen molar-refractivity contribution in [1.82, 2.24) is 0 Å². The van der Waals surface area contributed by atoms with Crippen LogP contribution in [0.3, 0.4) is 0 Å². The first kappa shape index (κ1) is 27.6. The van der Waals surface area contributed by atoms with E-state index in [-0.39, 0.29) is 44.3 Å². The van der Waals surface area contributed by atoms with Crippen molar-refractivity contribution in [3.05, 3.63) is 10.7 Å². The molecular weight excluding hydrogens is 461 g/mol. The van der Waals surface area contributed by atoms with Crippen LogP contribution in [0, 0.1) is 0 Å². The minimum Gasteiger partial charge on any atom is -0.308 e. The van der Waals surface area contributed by atoms with Crippen molar-refractivity contribution in [3.8, 4) is 0 Å². The number of thioether (sulfide) groups is 1. The van der Waals surface area contributed by atoms with Crippen LogP contribution in [0.25, 0.3) is 0 Å². The fourth-order valence-electron chi connectivity index (χ4n) is 2.73. The lowest BCUT2D eigenvalue weighted by atomic mass is 10.5. The highest BCUT2D eigenvalue weighted by molar-refractivity contribution is 8.15. The zero-order valence-electron chi connectivity index (χ0n) is 17.9. The molecule has 0 aromatic heterocycles. The first-order chi connectivity index (χ1) is 13.7. The first-order valence-corrected chi connectivity index (χ1v) is 15.4. The lowest BCUT2D eigenvalue weighted by Crippen LogP contribution is -2.23. The molecule has 0 N–H and O–H groups in total. The Morgan fingerprint density at radius 3 is 1.45 bits per heavy atom. The molecule has 0 saturated carbocycles. The monoisotopic (exact) mass is 494 g/mol. The van der Waals surface area contributed by atoms with Gasteiger partial charge in [-0.1, -0.05) is 0 Å². The van der Waals surface area contributed by atoms with Crippen LogP contribution < -0.4 is 0 Å². The predicted octanol–water partition coefficient (Wildman–Crippen LogP) is 6.07. The number of hydrogen-bond donors (Lipinski definition) is 0. The van der Waals surface area contributed by atoms with Gasteiger partial charge in [0.2, 0.25) is 0 Å². The summed E-state index contributed by atoms with van der Waals surface area (Å²) < 4.78 is 73.4. The van der Waals surface area contributed by atoms with Gasteiger partial charge in [-0.25, -0.2) is 0 Å². The van der Waals surface area contributed by atoms with Crippen LogP contribution in [0.1, 0.15) is 41.5 Å². The van der Waals surface area contributed by atoms with Gasteiger partial charge in [0.15, 0.2) is 0 Å². The second-order valence-electron chi connectivity index (χ2n) is 5.59. The highest BCUT2D eigenvalue weighted by Crippen LogP contribution is 2.75. The molecule has 172 valence electrons. The molecule has 1 rings (SSSR count). The van der Waals surface area contributed by atoms with Gasteiger partial charge in [0.25, 0.3) is 0 Å². The molecule has 9 nitrogen and oxygen atoms in total. The molecule has 0 amide bonds. The Morgan fingerprint density at radius 1 is 0.690 bits per heavy atom. The number of allylic oxidation sites excluding steroid dienone is 1. The van der Waals surface area contributed by atoms with E-state index in [0.717, 1.165) is 11.8 Å². The second-order valence-corrected chi connectivity index (χ2v) is 13.8. The Balaban J connectivity index is 3.53. The van der Waals surface area contributed by atoms with Crippen molar-refractivity contribution in [2.45, 2.75) is 52.2 Å². The van der Waals surface area contributed by atoms with E-state index in [1.807, 2.05) is 0 Å². The Bertz CT molecular complexity index is 655. The molecule has 1 aliphatic heterocycles. The van der Waals surface area contributed by atoms with Crippen LogP contribution in [-0.4, -0.2) is 50.3 Å². The lowest BCUT2D eigenvalue weighted by Gasteiger charge is -2.30. The standard InChI is InChI=1S/C16H33O9P3S/c1-7-20-26(17,21-8-2)14-13-15(27(18,22-9-3)23-10-4)29-16(14)28(19,24-11-5)25-12-6/h13-14,16H,7-12H2,1-6H3/t14-,16-/m0/s1. The summed E-state index contributed by atoms with van der Waals surface area (Å²) in [5, 5.41) is 0. The van der Waals surface area contributed by atoms with Gasteiger partial charge in [-0.15, -0.1) is 11.8 Å². The summed E-state index contributed by atoms with van der Waals surface area (Å²) in [6, 6.07) is 0. The maximum atomic E-state index is 13.6. The minimum absolute atomic E-state index is 0.122. The number of rotatable bonds is 15. The SMILES string of the molecule is CCOP(=O)(OCC)C1=C[C@H](P(=O)(OCC)OCC)[C@@H](P(=O)(OCC)OCC)S1. The number of hydrogen-bond acceptors (Lipinski definition) is 10. The Hall–Kier alpha value is 0.540. The molecule has 0 saturated heterocycles. The van der Waals surface area contributed by atoms with Gasteiger partial charge >= 0.3 is 22.8 Å². The van der Waals surface area contributed by atoms with Crippen LogP contribution in [0.15, 0.2) is 10.7 Å². The maximum Gasteiger partial charge on any atom is 0.367 e. The van der Waals surface area contributed by atoms with Gasteiger partial charge in [-0.3, -0.25) is 13.7 Å². The van der Waals surface area contributed by atoms with Gasteiger partial charge in [0.1, 0.15) is 10.7 Å². The van der Waals surface area contributed by atoms with Gasteiger partial charge in [-0.05, 0) is 47.6 Å². The van der Waals surface area contributed by atoms with Gasteiger partial charge in [0, 0.05) is 0 Å². The van der Waals surface area contributed by atoms with Crippen molar-refractivity contribution in [1.29, 1.82) is 0 Å². The Kier molecular flexibility index (Phi) is 11.9. The van der Waals surface area contributed by atoms with Crippen LogP contribution in [0.2, 0.25) is 0 Å². The molecule has 1 heterocycles. The third-order valence-corrected chi connectivity index (χ3v) is 13.5. The van der Waals surface area contributed by atoms with E-state index in [4.69, 9.17) is 27.1 Å². The van der Waals surface area contributed by atoms with Crippen molar-refractivity contribution in [3.63, 3.8) is 0 Å². The molecule has 0 aliphatic carbocycles. The molecule has 0 unspecified atom stereocenters. The average molecular weight is 494 g/mol. The van der Waals surface area contributed by atoms with Gasteiger partial charge < -0.3 is 27.1 Å². The lowest BCUT2D eigenvalue weighted by molar-refractivity contribution is 0.205. The molecule has 1 aliphatic rings. The highest BCUT2D eigenvalue weighted by atomic mass is 32.2. The van der Waals surface area contributed by atoms with E-state index >= 15 is 0 Å². The van der Waals surface area contributed by atoms with E-state index < -0.39 is 33.4 Å². The van der Waals surface area contributed by atoms with Gasteiger partial charge in [-0.2, -0.15) is 0 Å². The summed E-state index contributed by atoms with van der Waals surface area (Å²) in [6.07, 6.45) is 1.47. The topological polar surface area (TPSA) is 107 Å². The normalized spacial score (nSPS) is 20.8. The van der Waals surface area contributed by atoms with Crippen molar-refractivity contribution < 1.29 is 40.8 Å². The maximum absolute atomic E-state index is 13.6. The van der Waals surface area contributed by atoms with Crippen molar-refractivity contribution >= 4 is 34.5 Å². The summed E-state index contributed by atoms with van der Waals surface area (Å²) in [5.41, 5.74) is -0.999. The van der Waals surface area contributed by atoms with E-state index in [9.17, 15) is 13.7 Å². The quantitative estimate of drug-likeness (QED) is 0.249. The van der Waals surface area contributed by atoms with Crippen molar-refractivity contribution in [2.75, 3.05) is 39.6 Å². The zero-order valence-corrected chi connectivity index (χ0v) is 21.4. The molecule has 0 spiro atoms. The van der Waals surface area contributed by atoms with Crippen LogP contribution in [0.5, 0.6) is 0 Å². The third-order valence-electron chi connectivity index (χ3n) is 3.63. The second kappa shape index (κ2) is 12.5. The molecule has 0 fully saturated rings. The molecular formula is C16H33O9P3S. The van der Waals surface area contributed by atoms with Crippen LogP contribution in [0.4, 0.5) is 0 Å². The predicted molar refractivity (Wildman–Crippen MR) is 116 cm³/mol. The fraction of sp³-hybridized carbons (Fsp3) is 0.875. The van der Waals surface area contributed by atoms with E-state index in [2.05, 4.69) is 0 Å². The molecule has 0 aromatic carbocycles. The fourth-order valence-corrected chi connectivity index (χ4v) is 12.6. The molecule has 13 heteroatoms. The summed E-state index contributed by atoms with van der Waals surface area (Å²) in [7, 11) is -11.2. The van der Waals surface area contributed by atoms with E-state index in [1.165, 1.54) is 6.08 Å². The third kappa shape index (κ3) is 6.76. The summed E-state index contributed by atoms with van der Waals surface area (Å²) >= 11 is 0.974. The Morgan fingerprint density at radius 2 is 1.07 bits per heavy atom. The van der Waals surface area contributed by atoms with Gasteiger partial charge in [0.05, 0.1) is 44.3 Å². The molecule has 29 heavy (non-hydrogen) atoms.